The molecule has 0 amide bonds. The van der Waals surface area contributed by atoms with Gasteiger partial charge in [-0.05, 0) is 102 Å². The van der Waals surface area contributed by atoms with Crippen LogP contribution in [0.5, 0.6) is 5.75 Å². The highest BCUT2D eigenvalue weighted by molar-refractivity contribution is 7.92. The highest BCUT2D eigenvalue weighted by atomic mass is 35.5. The number of rotatable bonds is 9. The van der Waals surface area contributed by atoms with Gasteiger partial charge in [0.2, 0.25) is 5.95 Å². The van der Waals surface area contributed by atoms with Gasteiger partial charge in [0.25, 0.3) is 0 Å². The van der Waals surface area contributed by atoms with E-state index in [9.17, 15) is 9.79 Å². The number of benzene rings is 2. The first-order valence-electron chi connectivity index (χ1n) is 16.7. The Hall–Kier alpha value is -2.88. The van der Waals surface area contributed by atoms with Crippen molar-refractivity contribution in [3.8, 4) is 5.75 Å². The van der Waals surface area contributed by atoms with Gasteiger partial charge in [0.1, 0.15) is 10.8 Å². The van der Waals surface area contributed by atoms with Crippen molar-refractivity contribution in [2.75, 3.05) is 23.6 Å². The summed E-state index contributed by atoms with van der Waals surface area (Å²) in [7, 11) is -3.70. The maximum absolute atomic E-state index is 13.0. The summed E-state index contributed by atoms with van der Waals surface area (Å²) >= 11 is 6.37. The molecule has 1 aliphatic rings. The third-order valence-corrected chi connectivity index (χ3v) is 7.95. The Bertz CT molecular complexity index is 1810. The number of hydrogen-bond donors (Lipinski definition) is 3. The number of sulfone groups is 1. The number of nitrogens with zero attached hydrogens (tertiary/aromatic N) is 2. The number of ether oxygens (including phenoxy) is 1. The van der Waals surface area contributed by atoms with E-state index in [0.717, 1.165) is 6.07 Å². The van der Waals surface area contributed by atoms with Gasteiger partial charge < -0.3 is 20.7 Å². The molecule has 2 aromatic carbocycles. The molecule has 3 aromatic rings. The molecule has 0 aliphatic carbocycles. The SMILES string of the molecule is [2H]C(C)(C)Oc1cc(C2([2H])C([2H])([2H])C([2H])([2H])NC([2H])([2H])C2([2H])[2H])c(C)cc1Nc1ncc(Cl)c(Nc2ccccc2S(=O)(=O)C(C)C)n1. The summed E-state index contributed by atoms with van der Waals surface area (Å²) in [6.07, 6.45) is -7.05. The van der Waals surface area contributed by atoms with Crippen molar-refractivity contribution in [3.63, 3.8) is 0 Å². The molecule has 2 heterocycles. The molecule has 0 bridgehead atoms. The quantitative estimate of drug-likeness (QED) is 0.274. The number of para-hydroxylation sites is 1. The van der Waals surface area contributed by atoms with Gasteiger partial charge in [0.05, 0.1) is 35.2 Å². The van der Waals surface area contributed by atoms with Crippen LogP contribution in [0, 0.1) is 6.92 Å². The fraction of sp³-hybridized carbons (Fsp3) is 0.429. The lowest BCUT2D eigenvalue weighted by molar-refractivity contribution is 0.243. The summed E-state index contributed by atoms with van der Waals surface area (Å²) < 4.78 is 117. The lowest BCUT2D eigenvalue weighted by atomic mass is 9.87. The average Bonchev–Trinajstić information content (AvgIpc) is 2.93. The van der Waals surface area contributed by atoms with Crippen LogP contribution in [-0.2, 0) is 9.84 Å². The Labute approximate surface area is 244 Å². The molecule has 1 saturated heterocycles. The maximum Gasteiger partial charge on any atom is 0.229 e. The van der Waals surface area contributed by atoms with Gasteiger partial charge in [-0.1, -0.05) is 23.7 Å². The minimum atomic E-state index is -3.70. The number of aromatic nitrogens is 2. The molecule has 0 atom stereocenters. The van der Waals surface area contributed by atoms with Crippen LogP contribution in [0.25, 0.3) is 0 Å². The van der Waals surface area contributed by atoms with E-state index < -0.39 is 58.4 Å². The van der Waals surface area contributed by atoms with E-state index >= 15 is 0 Å². The van der Waals surface area contributed by atoms with E-state index in [4.69, 9.17) is 28.7 Å². The second-order valence-electron chi connectivity index (χ2n) is 8.90. The first kappa shape index (κ1) is 17.7. The maximum atomic E-state index is 13.0. The third kappa shape index (κ3) is 6.39. The average molecular weight is 568 g/mol. The van der Waals surface area contributed by atoms with Crippen molar-refractivity contribution in [3.05, 3.63) is 58.7 Å². The molecule has 4 rings (SSSR count). The predicted octanol–water partition coefficient (Wildman–Crippen LogP) is 6.36. The number of halogens is 1. The monoisotopic (exact) mass is 567 g/mol. The minimum absolute atomic E-state index is 0.0273. The standard InChI is InChI=1S/C28H36ClN5O3S/c1-17(2)37-25-15-21(20-10-12-30-13-11-20)19(5)14-24(25)33-28-31-16-22(29)27(34-28)32-23-8-6-7-9-26(23)38(35,36)18(3)4/h6-9,14-18,20,30H,10-13H2,1-5H3,(H2,31,32,33,34)/i10D2,11D2,12D2,13D2,17D,20D. The van der Waals surface area contributed by atoms with E-state index in [-0.39, 0.29) is 44.4 Å². The number of nitrogens with one attached hydrogen (secondary N) is 3. The predicted molar refractivity (Wildman–Crippen MR) is 154 cm³/mol. The minimum Gasteiger partial charge on any atom is -0.489 e. The van der Waals surface area contributed by atoms with Gasteiger partial charge in [0, 0.05) is 12.3 Å². The van der Waals surface area contributed by atoms with Crippen LogP contribution in [0.15, 0.2) is 47.5 Å². The molecular weight excluding hydrogens is 522 g/mol. The second-order valence-corrected chi connectivity index (χ2v) is 11.8. The molecule has 204 valence electrons. The summed E-state index contributed by atoms with van der Waals surface area (Å²) in [4.78, 5) is 8.58. The van der Waals surface area contributed by atoms with Crippen LogP contribution in [-0.4, -0.2) is 42.7 Å². The van der Waals surface area contributed by atoms with Crippen molar-refractivity contribution < 1.29 is 26.9 Å². The van der Waals surface area contributed by atoms with E-state index in [1.54, 1.807) is 37.4 Å². The molecule has 8 nitrogen and oxygen atoms in total. The van der Waals surface area contributed by atoms with Gasteiger partial charge in [-0.25, -0.2) is 13.4 Å². The van der Waals surface area contributed by atoms with Crippen molar-refractivity contribution in [1.29, 1.82) is 0 Å². The molecule has 0 spiro atoms. The molecule has 38 heavy (non-hydrogen) atoms. The van der Waals surface area contributed by atoms with E-state index in [0.29, 0.717) is 0 Å². The molecule has 1 aliphatic heterocycles. The molecule has 1 fully saturated rings. The van der Waals surface area contributed by atoms with Crippen LogP contribution in [0.3, 0.4) is 0 Å². The Morgan fingerprint density at radius 2 is 1.87 bits per heavy atom. The van der Waals surface area contributed by atoms with Gasteiger partial charge in [0.15, 0.2) is 15.7 Å². The van der Waals surface area contributed by atoms with Crippen molar-refractivity contribution in [1.82, 2.24) is 15.3 Å². The van der Waals surface area contributed by atoms with Gasteiger partial charge in [-0.15, -0.1) is 0 Å². The van der Waals surface area contributed by atoms with Crippen LogP contribution < -0.4 is 20.7 Å². The summed E-state index contributed by atoms with van der Waals surface area (Å²) in [6, 6.07) is 8.63. The number of piperidine rings is 1. The lowest BCUT2D eigenvalue weighted by Gasteiger charge is -2.26. The zero-order valence-corrected chi connectivity index (χ0v) is 23.1. The van der Waals surface area contributed by atoms with Crippen molar-refractivity contribution in [2.45, 2.75) is 69.5 Å². The number of hydrogen-bond acceptors (Lipinski definition) is 8. The van der Waals surface area contributed by atoms with E-state index in [1.807, 2.05) is 0 Å². The van der Waals surface area contributed by atoms with E-state index in [2.05, 4.69) is 20.6 Å². The number of aryl methyl sites for hydroxylation is 1. The fourth-order valence-corrected chi connectivity index (χ4v) is 4.92. The first-order valence-corrected chi connectivity index (χ1v) is 13.6. The summed E-state index contributed by atoms with van der Waals surface area (Å²) in [6.45, 7) is 0.923. The molecule has 10 heteroatoms. The normalized spacial score (nSPS) is 24.9. The van der Waals surface area contributed by atoms with Gasteiger partial charge in [-0.2, -0.15) is 4.98 Å². The fourth-order valence-electron chi connectivity index (χ4n) is 3.58. The number of anilines is 4. The smallest absolute Gasteiger partial charge is 0.229 e. The Morgan fingerprint density at radius 1 is 1.16 bits per heavy atom. The summed E-state index contributed by atoms with van der Waals surface area (Å²) in [5.74, 6) is -3.44. The zero-order valence-electron chi connectivity index (χ0n) is 31.5. The van der Waals surface area contributed by atoms with Crippen LogP contribution in [0.4, 0.5) is 23.1 Å². The topological polar surface area (TPSA) is 105 Å². The Morgan fingerprint density at radius 3 is 2.55 bits per heavy atom. The zero-order chi connectivity index (χ0) is 36.5. The highest BCUT2D eigenvalue weighted by Crippen LogP contribution is 2.37. The lowest BCUT2D eigenvalue weighted by Crippen LogP contribution is -2.27. The van der Waals surface area contributed by atoms with Gasteiger partial charge >= 0.3 is 0 Å². The molecule has 0 saturated carbocycles. The molecular formula is C28H36ClN5O3S. The second kappa shape index (κ2) is 11.9. The molecule has 3 N–H and O–H groups in total. The molecule has 0 unspecified atom stereocenters. The third-order valence-electron chi connectivity index (χ3n) is 5.47. The van der Waals surface area contributed by atoms with Crippen molar-refractivity contribution >= 4 is 44.6 Å². The van der Waals surface area contributed by atoms with Gasteiger partial charge in [-0.3, -0.25) is 0 Å². The van der Waals surface area contributed by atoms with Crippen LogP contribution in [0.2, 0.25) is 5.02 Å². The van der Waals surface area contributed by atoms with Crippen molar-refractivity contribution in [2.24, 2.45) is 0 Å². The first-order chi connectivity index (χ1) is 21.7. The molecule has 1 aromatic heterocycles. The van der Waals surface area contributed by atoms with Crippen LogP contribution in [0.1, 0.15) is 71.2 Å². The Kier molecular flexibility index (Phi) is 5.52. The summed E-state index contributed by atoms with van der Waals surface area (Å²) in [5.41, 5.74) is -0.0656. The highest BCUT2D eigenvalue weighted by Gasteiger charge is 2.24. The largest absolute Gasteiger partial charge is 0.489 e. The van der Waals surface area contributed by atoms with Crippen LogP contribution >= 0.6 is 11.6 Å². The molecule has 0 radical (unpaired) electrons. The summed E-state index contributed by atoms with van der Waals surface area (Å²) in [5, 5.41) is 6.94. The van der Waals surface area contributed by atoms with E-state index in [1.165, 1.54) is 39.1 Å². The Balaban J connectivity index is 1.85.